The fourth-order valence-electron chi connectivity index (χ4n) is 2.06. The molecule has 1 rings (SSSR count). The third kappa shape index (κ3) is 5.04. The van der Waals surface area contributed by atoms with Crippen LogP contribution in [0.2, 0.25) is 0 Å². The zero-order valence-corrected chi connectivity index (χ0v) is 11.4. The van der Waals surface area contributed by atoms with E-state index in [0.29, 0.717) is 19.7 Å². The standard InChI is InChI=1S/C12H22N2O5/c1-3-19-9-5-4-6-14(8-9)12(17)13-7-10(18-2)11(15)16/h9-10H,3-8H2,1-2H3,(H,13,17)(H,15,16). The van der Waals surface area contributed by atoms with Crippen LogP contribution in [0.4, 0.5) is 4.79 Å². The van der Waals surface area contributed by atoms with Crippen LogP contribution in [0.5, 0.6) is 0 Å². The largest absolute Gasteiger partial charge is 0.479 e. The summed E-state index contributed by atoms with van der Waals surface area (Å²) in [7, 11) is 1.30. The number of carbonyl (C=O) groups is 2. The average molecular weight is 274 g/mol. The fraction of sp³-hybridized carbons (Fsp3) is 0.833. The third-order valence-corrected chi connectivity index (χ3v) is 3.07. The van der Waals surface area contributed by atoms with E-state index in [4.69, 9.17) is 14.6 Å². The predicted octanol–water partition coefficient (Wildman–Crippen LogP) is 0.297. The Morgan fingerprint density at radius 2 is 2.26 bits per heavy atom. The Bertz CT molecular complexity index is 308. The molecular weight excluding hydrogens is 252 g/mol. The maximum Gasteiger partial charge on any atom is 0.334 e. The number of ether oxygens (including phenoxy) is 2. The minimum absolute atomic E-state index is 0.0412. The molecule has 0 radical (unpaired) electrons. The number of methoxy groups -OCH3 is 1. The Hall–Kier alpha value is -1.34. The molecule has 2 N–H and O–H groups in total. The molecule has 2 amide bonds. The summed E-state index contributed by atoms with van der Waals surface area (Å²) in [6.07, 6.45) is 0.900. The normalized spacial score (nSPS) is 20.9. The van der Waals surface area contributed by atoms with E-state index in [1.54, 1.807) is 4.90 Å². The van der Waals surface area contributed by atoms with Crippen LogP contribution in [0, 0.1) is 0 Å². The number of likely N-dealkylation sites (tertiary alicyclic amines) is 1. The van der Waals surface area contributed by atoms with E-state index in [1.165, 1.54) is 7.11 Å². The molecule has 0 aliphatic carbocycles. The second-order valence-electron chi connectivity index (χ2n) is 4.41. The fourth-order valence-corrected chi connectivity index (χ4v) is 2.06. The number of hydrogen-bond donors (Lipinski definition) is 2. The highest BCUT2D eigenvalue weighted by atomic mass is 16.5. The summed E-state index contributed by atoms with van der Waals surface area (Å²) in [5.41, 5.74) is 0. The van der Waals surface area contributed by atoms with Gasteiger partial charge in [-0.25, -0.2) is 9.59 Å². The Morgan fingerprint density at radius 3 is 2.84 bits per heavy atom. The number of carbonyl (C=O) groups excluding carboxylic acids is 1. The van der Waals surface area contributed by atoms with E-state index in [2.05, 4.69) is 5.32 Å². The lowest BCUT2D eigenvalue weighted by atomic mass is 10.1. The van der Waals surface area contributed by atoms with Gasteiger partial charge in [0.15, 0.2) is 6.10 Å². The van der Waals surface area contributed by atoms with Crippen LogP contribution in [0.25, 0.3) is 0 Å². The molecule has 2 atom stereocenters. The van der Waals surface area contributed by atoms with Gasteiger partial charge < -0.3 is 24.8 Å². The quantitative estimate of drug-likeness (QED) is 0.727. The van der Waals surface area contributed by atoms with Crippen molar-refractivity contribution in [2.24, 2.45) is 0 Å². The van der Waals surface area contributed by atoms with Gasteiger partial charge in [0.05, 0.1) is 12.6 Å². The van der Waals surface area contributed by atoms with Crippen molar-refractivity contribution in [2.45, 2.75) is 32.0 Å². The molecule has 0 bridgehead atoms. The molecular formula is C12H22N2O5. The molecule has 1 fully saturated rings. The highest BCUT2D eigenvalue weighted by Crippen LogP contribution is 2.13. The highest BCUT2D eigenvalue weighted by molar-refractivity contribution is 5.77. The second kappa shape index (κ2) is 7.96. The van der Waals surface area contributed by atoms with Crippen LogP contribution >= 0.6 is 0 Å². The van der Waals surface area contributed by atoms with Gasteiger partial charge in [0, 0.05) is 26.8 Å². The van der Waals surface area contributed by atoms with Crippen LogP contribution in [0.1, 0.15) is 19.8 Å². The lowest BCUT2D eigenvalue weighted by molar-refractivity contribution is -0.148. The number of piperidine rings is 1. The van der Waals surface area contributed by atoms with Gasteiger partial charge in [-0.3, -0.25) is 0 Å². The predicted molar refractivity (Wildman–Crippen MR) is 68.1 cm³/mol. The Morgan fingerprint density at radius 1 is 1.53 bits per heavy atom. The molecule has 1 aliphatic heterocycles. The molecule has 110 valence electrons. The lowest BCUT2D eigenvalue weighted by Crippen LogP contribution is -2.50. The van der Waals surface area contributed by atoms with Gasteiger partial charge in [-0.2, -0.15) is 0 Å². The summed E-state index contributed by atoms with van der Waals surface area (Å²) < 4.78 is 10.3. The van der Waals surface area contributed by atoms with Crippen LogP contribution in [-0.2, 0) is 14.3 Å². The molecule has 2 unspecified atom stereocenters. The number of rotatable bonds is 6. The maximum absolute atomic E-state index is 11.9. The van der Waals surface area contributed by atoms with Gasteiger partial charge in [0.25, 0.3) is 0 Å². The lowest BCUT2D eigenvalue weighted by Gasteiger charge is -2.32. The van der Waals surface area contributed by atoms with Gasteiger partial charge >= 0.3 is 12.0 Å². The van der Waals surface area contributed by atoms with E-state index in [9.17, 15) is 9.59 Å². The van der Waals surface area contributed by atoms with Gasteiger partial charge in [0.2, 0.25) is 0 Å². The van der Waals surface area contributed by atoms with E-state index >= 15 is 0 Å². The minimum Gasteiger partial charge on any atom is -0.479 e. The van der Waals surface area contributed by atoms with Crippen molar-refractivity contribution in [3.05, 3.63) is 0 Å². The number of urea groups is 1. The molecule has 1 saturated heterocycles. The maximum atomic E-state index is 11.9. The molecule has 7 heteroatoms. The smallest absolute Gasteiger partial charge is 0.334 e. The molecule has 0 aromatic heterocycles. The summed E-state index contributed by atoms with van der Waals surface area (Å²) in [5.74, 6) is -1.09. The van der Waals surface area contributed by atoms with E-state index in [0.717, 1.165) is 12.8 Å². The third-order valence-electron chi connectivity index (χ3n) is 3.07. The van der Waals surface area contributed by atoms with Crippen molar-refractivity contribution < 1.29 is 24.2 Å². The van der Waals surface area contributed by atoms with Gasteiger partial charge in [-0.15, -0.1) is 0 Å². The average Bonchev–Trinajstić information content (AvgIpc) is 2.39. The van der Waals surface area contributed by atoms with Crippen molar-refractivity contribution >= 4 is 12.0 Å². The summed E-state index contributed by atoms with van der Waals surface area (Å²) in [4.78, 5) is 24.3. The van der Waals surface area contributed by atoms with E-state index < -0.39 is 12.1 Å². The van der Waals surface area contributed by atoms with Crippen LogP contribution in [0.3, 0.4) is 0 Å². The Balaban J connectivity index is 2.38. The molecule has 0 saturated carbocycles. The molecule has 19 heavy (non-hydrogen) atoms. The molecule has 1 aliphatic rings. The number of hydrogen-bond acceptors (Lipinski definition) is 4. The first-order valence-electron chi connectivity index (χ1n) is 6.48. The first-order chi connectivity index (χ1) is 9.08. The Kier molecular flexibility index (Phi) is 6.58. The van der Waals surface area contributed by atoms with E-state index in [-0.39, 0.29) is 18.7 Å². The van der Waals surface area contributed by atoms with Gasteiger partial charge in [-0.1, -0.05) is 0 Å². The van der Waals surface area contributed by atoms with Crippen molar-refractivity contribution in [3.8, 4) is 0 Å². The molecule has 0 aromatic rings. The van der Waals surface area contributed by atoms with Crippen molar-refractivity contribution in [2.75, 3.05) is 33.4 Å². The Labute approximate surface area is 112 Å². The monoisotopic (exact) mass is 274 g/mol. The minimum atomic E-state index is -1.09. The van der Waals surface area contributed by atoms with Gasteiger partial charge in [0.1, 0.15) is 0 Å². The summed E-state index contributed by atoms with van der Waals surface area (Å²) in [5, 5.41) is 11.4. The van der Waals surface area contributed by atoms with Crippen molar-refractivity contribution in [1.29, 1.82) is 0 Å². The van der Waals surface area contributed by atoms with Crippen LogP contribution in [-0.4, -0.2) is 67.6 Å². The number of nitrogens with one attached hydrogen (secondary N) is 1. The topological polar surface area (TPSA) is 88.1 Å². The van der Waals surface area contributed by atoms with Gasteiger partial charge in [-0.05, 0) is 19.8 Å². The second-order valence-corrected chi connectivity index (χ2v) is 4.41. The first kappa shape index (κ1) is 15.7. The SMILES string of the molecule is CCOC1CCCN(C(=O)NCC(OC)C(=O)O)C1. The van der Waals surface area contributed by atoms with Crippen molar-refractivity contribution in [3.63, 3.8) is 0 Å². The zero-order chi connectivity index (χ0) is 14.3. The number of amides is 2. The zero-order valence-electron chi connectivity index (χ0n) is 11.4. The summed E-state index contributed by atoms with van der Waals surface area (Å²) >= 11 is 0. The number of nitrogens with zero attached hydrogens (tertiary/aromatic N) is 1. The molecule has 0 aromatic carbocycles. The van der Waals surface area contributed by atoms with Crippen molar-refractivity contribution in [1.82, 2.24) is 10.2 Å². The summed E-state index contributed by atoms with van der Waals surface area (Å²) in [6, 6.07) is -0.271. The van der Waals surface area contributed by atoms with Crippen LogP contribution < -0.4 is 5.32 Å². The van der Waals surface area contributed by atoms with E-state index in [1.807, 2.05) is 6.92 Å². The first-order valence-corrected chi connectivity index (χ1v) is 6.48. The molecule has 7 nitrogen and oxygen atoms in total. The molecule has 0 spiro atoms. The van der Waals surface area contributed by atoms with Crippen LogP contribution in [0.15, 0.2) is 0 Å². The number of aliphatic carboxylic acids is 1. The summed E-state index contributed by atoms with van der Waals surface area (Å²) in [6.45, 7) is 3.73. The number of carboxylic acids is 1. The highest BCUT2D eigenvalue weighted by Gasteiger charge is 2.25. The number of carboxylic acid groups (broad SMARTS) is 1. The molecule has 1 heterocycles.